The number of non-ortho nitro benzene ring substituents is 1. The number of aryl methyl sites for hydroxylation is 1. The molecule has 0 spiro atoms. The van der Waals surface area contributed by atoms with Crippen LogP contribution in [-0.2, 0) is 4.74 Å². The molecule has 2 heterocycles. The minimum Gasteiger partial charge on any atom is -0.378 e. The molecule has 0 unspecified atom stereocenters. The minimum absolute atomic E-state index is 0.0273. The van der Waals surface area contributed by atoms with Gasteiger partial charge in [0.2, 0.25) is 0 Å². The molecule has 208 valence electrons. The molecule has 40 heavy (non-hydrogen) atoms. The number of morpholine rings is 1. The van der Waals surface area contributed by atoms with Gasteiger partial charge in [-0.2, -0.15) is 0 Å². The van der Waals surface area contributed by atoms with E-state index in [-0.39, 0.29) is 17.2 Å². The predicted molar refractivity (Wildman–Crippen MR) is 155 cm³/mol. The summed E-state index contributed by atoms with van der Waals surface area (Å²) in [4.78, 5) is 43.1. The Labute approximate surface area is 237 Å². The molecule has 3 aromatic rings. The number of nitro groups is 1. The van der Waals surface area contributed by atoms with Crippen molar-refractivity contribution in [1.82, 2.24) is 4.90 Å². The van der Waals surface area contributed by atoms with Gasteiger partial charge in [-0.3, -0.25) is 19.7 Å². The third-order valence-corrected chi connectivity index (χ3v) is 7.58. The average molecular weight is 564 g/mol. The second kappa shape index (κ2) is 11.9. The molecule has 0 aromatic heterocycles. The first kappa shape index (κ1) is 27.4. The highest BCUT2D eigenvalue weighted by Gasteiger charge is 2.25. The van der Waals surface area contributed by atoms with Gasteiger partial charge in [0, 0.05) is 62.7 Å². The molecule has 5 rings (SSSR count). The van der Waals surface area contributed by atoms with Crippen LogP contribution in [0.5, 0.6) is 0 Å². The fourth-order valence-corrected chi connectivity index (χ4v) is 5.37. The molecule has 11 heteroatoms. The second-order valence-electron chi connectivity index (χ2n) is 9.77. The van der Waals surface area contributed by atoms with Crippen molar-refractivity contribution in [3.05, 3.63) is 92.5 Å². The first-order chi connectivity index (χ1) is 19.3. The van der Waals surface area contributed by atoms with Crippen LogP contribution in [0.1, 0.15) is 26.3 Å². The number of amides is 2. The van der Waals surface area contributed by atoms with E-state index in [0.29, 0.717) is 68.9 Å². The molecule has 3 aromatic carbocycles. The summed E-state index contributed by atoms with van der Waals surface area (Å²) in [7, 11) is 0. The van der Waals surface area contributed by atoms with Gasteiger partial charge < -0.3 is 24.8 Å². The number of halogens is 1. The minimum atomic E-state index is -0.514. The summed E-state index contributed by atoms with van der Waals surface area (Å²) in [6.07, 6.45) is 0. The zero-order valence-electron chi connectivity index (χ0n) is 22.1. The molecule has 2 aliphatic rings. The van der Waals surface area contributed by atoms with E-state index < -0.39 is 10.8 Å². The molecular weight excluding hydrogens is 534 g/mol. The summed E-state index contributed by atoms with van der Waals surface area (Å²) in [6, 6.07) is 17.2. The van der Waals surface area contributed by atoms with Crippen molar-refractivity contribution in [3.63, 3.8) is 0 Å². The maximum atomic E-state index is 13.3. The lowest BCUT2D eigenvalue weighted by atomic mass is 10.1. The van der Waals surface area contributed by atoms with Gasteiger partial charge in [-0.1, -0.05) is 29.8 Å². The van der Waals surface area contributed by atoms with E-state index in [4.69, 9.17) is 16.3 Å². The normalized spacial score (nSPS) is 15.6. The second-order valence-corrected chi connectivity index (χ2v) is 10.2. The highest BCUT2D eigenvalue weighted by atomic mass is 35.5. The number of nitrogens with zero attached hydrogens (tertiary/aromatic N) is 4. The lowest BCUT2D eigenvalue weighted by molar-refractivity contribution is -0.384. The zero-order chi connectivity index (χ0) is 28.2. The van der Waals surface area contributed by atoms with Crippen molar-refractivity contribution >= 4 is 46.2 Å². The summed E-state index contributed by atoms with van der Waals surface area (Å²) < 4.78 is 5.41. The van der Waals surface area contributed by atoms with E-state index in [1.807, 2.05) is 47.1 Å². The first-order valence-electron chi connectivity index (χ1n) is 13.1. The van der Waals surface area contributed by atoms with Gasteiger partial charge in [0.05, 0.1) is 40.1 Å². The number of ether oxygens (including phenoxy) is 1. The summed E-state index contributed by atoms with van der Waals surface area (Å²) >= 11 is 6.64. The standard InChI is InChI=1S/C29H30ClN5O5/c1-20-4-2-3-5-23(20)29(37)34-12-10-32(11-13-34)27-8-6-21(18-25(27)30)31-28(36)24-19-22(35(38)39)7-9-26(24)33-14-16-40-17-15-33/h2-9,18-19H,10-17H2,1H3,(H,31,36). The average Bonchev–Trinajstić information content (AvgIpc) is 2.97. The number of anilines is 3. The Balaban J connectivity index is 1.27. The summed E-state index contributed by atoms with van der Waals surface area (Å²) in [5.74, 6) is -0.433. The molecule has 0 aliphatic carbocycles. The van der Waals surface area contributed by atoms with Gasteiger partial charge in [0.1, 0.15) is 0 Å². The number of hydrogen-bond acceptors (Lipinski definition) is 7. The van der Waals surface area contributed by atoms with Crippen molar-refractivity contribution in [1.29, 1.82) is 0 Å². The van der Waals surface area contributed by atoms with Crippen LogP contribution in [0, 0.1) is 17.0 Å². The Kier molecular flexibility index (Phi) is 8.18. The molecule has 0 radical (unpaired) electrons. The van der Waals surface area contributed by atoms with E-state index in [0.717, 1.165) is 16.8 Å². The Bertz CT molecular complexity index is 1430. The molecule has 1 N–H and O–H groups in total. The van der Waals surface area contributed by atoms with Crippen LogP contribution in [0.15, 0.2) is 60.7 Å². The van der Waals surface area contributed by atoms with Crippen LogP contribution in [-0.4, -0.2) is 74.1 Å². The first-order valence-corrected chi connectivity index (χ1v) is 13.5. The number of benzene rings is 3. The summed E-state index contributed by atoms with van der Waals surface area (Å²) in [5.41, 5.74) is 3.64. The molecule has 0 saturated carbocycles. The Morgan fingerprint density at radius 1 is 0.875 bits per heavy atom. The molecule has 0 bridgehead atoms. The van der Waals surface area contributed by atoms with Gasteiger partial charge in [-0.15, -0.1) is 0 Å². The fourth-order valence-electron chi connectivity index (χ4n) is 5.07. The van der Waals surface area contributed by atoms with Crippen LogP contribution in [0.3, 0.4) is 0 Å². The van der Waals surface area contributed by atoms with E-state index >= 15 is 0 Å². The maximum absolute atomic E-state index is 13.3. The number of piperazine rings is 1. The number of carbonyl (C=O) groups excluding carboxylic acids is 2. The van der Waals surface area contributed by atoms with Crippen LogP contribution < -0.4 is 15.1 Å². The smallest absolute Gasteiger partial charge is 0.270 e. The van der Waals surface area contributed by atoms with E-state index in [9.17, 15) is 19.7 Å². The molecule has 10 nitrogen and oxygen atoms in total. The lowest BCUT2D eigenvalue weighted by Gasteiger charge is -2.36. The number of carbonyl (C=O) groups is 2. The topological polar surface area (TPSA) is 108 Å². The Morgan fingerprint density at radius 3 is 2.23 bits per heavy atom. The maximum Gasteiger partial charge on any atom is 0.270 e. The van der Waals surface area contributed by atoms with Gasteiger partial charge in [0.25, 0.3) is 17.5 Å². The van der Waals surface area contributed by atoms with Crippen molar-refractivity contribution in [3.8, 4) is 0 Å². The zero-order valence-corrected chi connectivity index (χ0v) is 22.9. The highest BCUT2D eigenvalue weighted by molar-refractivity contribution is 6.33. The molecular formula is C29H30ClN5O5. The third kappa shape index (κ3) is 5.88. The number of rotatable bonds is 6. The van der Waals surface area contributed by atoms with E-state index in [1.54, 1.807) is 18.2 Å². The predicted octanol–water partition coefficient (Wildman–Crippen LogP) is 4.61. The van der Waals surface area contributed by atoms with Crippen molar-refractivity contribution in [2.75, 3.05) is 67.6 Å². The van der Waals surface area contributed by atoms with Crippen LogP contribution >= 0.6 is 11.6 Å². The van der Waals surface area contributed by atoms with Crippen LogP contribution in [0.25, 0.3) is 0 Å². The molecule has 2 aliphatic heterocycles. The van der Waals surface area contributed by atoms with Gasteiger partial charge in [0.15, 0.2) is 0 Å². The summed E-state index contributed by atoms with van der Waals surface area (Å²) in [6.45, 7) is 6.53. The van der Waals surface area contributed by atoms with E-state index in [2.05, 4.69) is 10.2 Å². The Hall–Kier alpha value is -4.15. The van der Waals surface area contributed by atoms with Crippen molar-refractivity contribution in [2.45, 2.75) is 6.92 Å². The lowest BCUT2D eigenvalue weighted by Crippen LogP contribution is -2.49. The molecule has 2 amide bonds. The van der Waals surface area contributed by atoms with Crippen molar-refractivity contribution in [2.24, 2.45) is 0 Å². The van der Waals surface area contributed by atoms with Crippen LogP contribution in [0.4, 0.5) is 22.7 Å². The largest absolute Gasteiger partial charge is 0.378 e. The highest BCUT2D eigenvalue weighted by Crippen LogP contribution is 2.32. The number of hydrogen-bond donors (Lipinski definition) is 1. The van der Waals surface area contributed by atoms with E-state index in [1.165, 1.54) is 12.1 Å². The summed E-state index contributed by atoms with van der Waals surface area (Å²) in [5, 5.41) is 14.7. The van der Waals surface area contributed by atoms with Crippen LogP contribution in [0.2, 0.25) is 5.02 Å². The quantitative estimate of drug-likeness (QED) is 0.345. The SMILES string of the molecule is Cc1ccccc1C(=O)N1CCN(c2ccc(NC(=O)c3cc([N+](=O)[O-])ccc3N3CCOCC3)cc2Cl)CC1. The van der Waals surface area contributed by atoms with Gasteiger partial charge >= 0.3 is 0 Å². The third-order valence-electron chi connectivity index (χ3n) is 7.28. The fraction of sp³-hybridized carbons (Fsp3) is 0.310. The monoisotopic (exact) mass is 563 g/mol. The molecule has 2 fully saturated rings. The number of nitro benzene ring substituents is 1. The van der Waals surface area contributed by atoms with Crippen molar-refractivity contribution < 1.29 is 19.2 Å². The Morgan fingerprint density at radius 2 is 1.55 bits per heavy atom. The van der Waals surface area contributed by atoms with Gasteiger partial charge in [-0.25, -0.2) is 0 Å². The molecule has 2 saturated heterocycles. The number of nitrogens with one attached hydrogen (secondary N) is 1. The molecule has 0 atom stereocenters. The van der Waals surface area contributed by atoms with Gasteiger partial charge in [-0.05, 0) is 42.8 Å².